The Morgan fingerprint density at radius 2 is 2.00 bits per heavy atom. The average molecular weight is 359 g/mol. The average Bonchev–Trinajstić information content (AvgIpc) is 2.96. The topological polar surface area (TPSA) is 52.9 Å². The summed E-state index contributed by atoms with van der Waals surface area (Å²) >= 11 is 3.41. The van der Waals surface area contributed by atoms with Gasteiger partial charge in [0.05, 0.1) is 11.8 Å². The van der Waals surface area contributed by atoms with Crippen LogP contribution in [0.2, 0.25) is 0 Å². The van der Waals surface area contributed by atoms with Crippen molar-refractivity contribution >= 4 is 27.5 Å². The molecule has 0 saturated carbocycles. The normalized spacial score (nSPS) is 17.5. The highest BCUT2D eigenvalue weighted by atomic mass is 79.9. The molecular formula is C17H15BrN2O2. The fourth-order valence-electron chi connectivity index (χ4n) is 2.64. The molecule has 0 bridgehead atoms. The Balaban J connectivity index is 2.00. The van der Waals surface area contributed by atoms with Crippen molar-refractivity contribution in [1.82, 2.24) is 5.01 Å². The van der Waals surface area contributed by atoms with Gasteiger partial charge in [0.25, 0.3) is 0 Å². The van der Waals surface area contributed by atoms with Crippen molar-refractivity contribution in [2.45, 2.75) is 19.4 Å². The van der Waals surface area contributed by atoms with Crippen LogP contribution in [0.4, 0.5) is 0 Å². The summed E-state index contributed by atoms with van der Waals surface area (Å²) < 4.78 is 0.858. The van der Waals surface area contributed by atoms with Crippen LogP contribution in [0.1, 0.15) is 30.5 Å². The van der Waals surface area contributed by atoms with Gasteiger partial charge < -0.3 is 5.11 Å². The van der Waals surface area contributed by atoms with Gasteiger partial charge in [0.15, 0.2) is 0 Å². The van der Waals surface area contributed by atoms with Gasteiger partial charge in [-0.3, -0.25) is 4.79 Å². The minimum absolute atomic E-state index is 0.143. The lowest BCUT2D eigenvalue weighted by Gasteiger charge is -2.21. The lowest BCUT2D eigenvalue weighted by molar-refractivity contribution is -0.130. The van der Waals surface area contributed by atoms with Gasteiger partial charge in [-0.1, -0.05) is 46.3 Å². The van der Waals surface area contributed by atoms with Crippen LogP contribution in [-0.4, -0.2) is 21.7 Å². The van der Waals surface area contributed by atoms with E-state index in [0.717, 1.165) is 15.7 Å². The second-order valence-corrected chi connectivity index (χ2v) is 6.12. The maximum atomic E-state index is 11.9. The number of carbonyl (C=O) groups is 1. The molecule has 1 aliphatic rings. The molecule has 22 heavy (non-hydrogen) atoms. The molecule has 1 heterocycles. The maximum absolute atomic E-state index is 11.9. The summed E-state index contributed by atoms with van der Waals surface area (Å²) in [5.74, 6) is 0.0271. The Bertz CT molecular complexity index is 744. The molecule has 0 saturated heterocycles. The van der Waals surface area contributed by atoms with Crippen LogP contribution >= 0.6 is 15.9 Å². The molecule has 2 aromatic rings. The number of phenolic OH excluding ortho intramolecular Hbond substituents is 1. The SMILES string of the molecule is CC(=O)N1N=C(c2ccccc2)C[C@@H]1c1cc(Br)ccc1O. The number of hydrazone groups is 1. The van der Waals surface area contributed by atoms with Gasteiger partial charge in [-0.05, 0) is 23.8 Å². The standard InChI is InChI=1S/C17H15BrN2O2/c1-11(21)20-16(14-9-13(18)7-8-17(14)22)10-15(19-20)12-5-3-2-4-6-12/h2-9,16,22H,10H2,1H3/t16-/m1/s1. The van der Waals surface area contributed by atoms with Gasteiger partial charge in [-0.25, -0.2) is 5.01 Å². The quantitative estimate of drug-likeness (QED) is 0.886. The van der Waals surface area contributed by atoms with E-state index in [1.165, 1.54) is 11.9 Å². The number of benzene rings is 2. The number of rotatable bonds is 2. The first kappa shape index (κ1) is 14.8. The van der Waals surface area contributed by atoms with E-state index in [0.29, 0.717) is 12.0 Å². The second kappa shape index (κ2) is 5.93. The molecule has 0 unspecified atom stereocenters. The van der Waals surface area contributed by atoms with E-state index in [9.17, 15) is 9.90 Å². The first-order valence-corrected chi connectivity index (χ1v) is 7.76. The molecule has 112 valence electrons. The van der Waals surface area contributed by atoms with Gasteiger partial charge in [-0.2, -0.15) is 5.10 Å². The predicted molar refractivity (Wildman–Crippen MR) is 88.7 cm³/mol. The molecule has 1 N–H and O–H groups in total. The van der Waals surface area contributed by atoms with Crippen LogP contribution in [-0.2, 0) is 4.79 Å². The molecule has 0 aliphatic carbocycles. The van der Waals surface area contributed by atoms with Gasteiger partial charge in [0.1, 0.15) is 5.75 Å². The fraction of sp³-hybridized carbons (Fsp3) is 0.176. The number of hydrogen-bond acceptors (Lipinski definition) is 3. The summed E-state index contributed by atoms with van der Waals surface area (Å²) in [5, 5.41) is 16.1. The van der Waals surface area contributed by atoms with Crippen LogP contribution in [0.25, 0.3) is 0 Å². The smallest absolute Gasteiger partial charge is 0.240 e. The van der Waals surface area contributed by atoms with Gasteiger partial charge >= 0.3 is 0 Å². The highest BCUT2D eigenvalue weighted by molar-refractivity contribution is 9.10. The lowest BCUT2D eigenvalue weighted by atomic mass is 9.98. The third kappa shape index (κ3) is 2.76. The van der Waals surface area contributed by atoms with Crippen molar-refractivity contribution in [3.05, 3.63) is 64.1 Å². The van der Waals surface area contributed by atoms with Gasteiger partial charge in [0.2, 0.25) is 5.91 Å². The van der Waals surface area contributed by atoms with Crippen LogP contribution in [0.15, 0.2) is 58.1 Å². The number of aromatic hydroxyl groups is 1. The third-order valence-corrected chi connectivity index (χ3v) is 4.18. The number of carbonyl (C=O) groups excluding carboxylic acids is 1. The largest absolute Gasteiger partial charge is 0.508 e. The van der Waals surface area contributed by atoms with Crippen molar-refractivity contribution in [1.29, 1.82) is 0 Å². The first-order chi connectivity index (χ1) is 10.6. The summed E-state index contributed by atoms with van der Waals surface area (Å²) in [7, 11) is 0. The number of halogens is 1. The molecule has 0 aromatic heterocycles. The molecule has 4 nitrogen and oxygen atoms in total. The summed E-state index contributed by atoms with van der Waals surface area (Å²) in [4.78, 5) is 11.9. The molecule has 1 atom stereocenters. The van der Waals surface area contributed by atoms with Crippen LogP contribution in [0.3, 0.4) is 0 Å². The Morgan fingerprint density at radius 3 is 2.68 bits per heavy atom. The Morgan fingerprint density at radius 1 is 1.27 bits per heavy atom. The highest BCUT2D eigenvalue weighted by Crippen LogP contribution is 2.38. The summed E-state index contributed by atoms with van der Waals surface area (Å²) in [6, 6.07) is 14.7. The number of nitrogens with zero attached hydrogens (tertiary/aromatic N) is 2. The van der Waals surface area contributed by atoms with Crippen molar-refractivity contribution < 1.29 is 9.90 Å². The van der Waals surface area contributed by atoms with Crippen molar-refractivity contribution in [3.63, 3.8) is 0 Å². The van der Waals surface area contributed by atoms with E-state index < -0.39 is 0 Å². The lowest BCUT2D eigenvalue weighted by Crippen LogP contribution is -2.24. The summed E-state index contributed by atoms with van der Waals surface area (Å²) in [6.45, 7) is 1.49. The molecule has 3 rings (SSSR count). The van der Waals surface area contributed by atoms with E-state index in [-0.39, 0.29) is 17.7 Å². The summed E-state index contributed by atoms with van der Waals surface area (Å²) in [6.07, 6.45) is 0.577. The number of amides is 1. The van der Waals surface area contributed by atoms with Crippen molar-refractivity contribution in [2.24, 2.45) is 5.10 Å². The van der Waals surface area contributed by atoms with Crippen molar-refractivity contribution in [3.8, 4) is 5.75 Å². The monoisotopic (exact) mass is 358 g/mol. The molecule has 0 fully saturated rings. The van der Waals surface area contributed by atoms with Crippen LogP contribution in [0.5, 0.6) is 5.75 Å². The van der Waals surface area contributed by atoms with Crippen molar-refractivity contribution in [2.75, 3.05) is 0 Å². The number of hydrogen-bond donors (Lipinski definition) is 1. The minimum atomic E-state index is -0.287. The Hall–Kier alpha value is -2.14. The minimum Gasteiger partial charge on any atom is -0.508 e. The predicted octanol–water partition coefficient (Wildman–Crippen LogP) is 3.85. The Labute approximate surface area is 137 Å². The molecule has 1 aliphatic heterocycles. The van der Waals surface area contributed by atoms with E-state index in [1.54, 1.807) is 12.1 Å². The first-order valence-electron chi connectivity index (χ1n) is 6.97. The Kier molecular flexibility index (Phi) is 3.98. The zero-order valence-electron chi connectivity index (χ0n) is 12.0. The third-order valence-electron chi connectivity index (χ3n) is 3.69. The van der Waals surface area contributed by atoms with Crippen LogP contribution in [0, 0.1) is 0 Å². The van der Waals surface area contributed by atoms with E-state index >= 15 is 0 Å². The molecule has 0 spiro atoms. The van der Waals surface area contributed by atoms with E-state index in [2.05, 4.69) is 21.0 Å². The number of phenols is 1. The summed E-state index contributed by atoms with van der Waals surface area (Å²) in [5.41, 5.74) is 2.53. The molecule has 5 heteroatoms. The maximum Gasteiger partial charge on any atom is 0.240 e. The molecular weight excluding hydrogens is 344 g/mol. The van der Waals surface area contributed by atoms with E-state index in [4.69, 9.17) is 0 Å². The molecule has 0 radical (unpaired) electrons. The zero-order chi connectivity index (χ0) is 15.7. The van der Waals surface area contributed by atoms with Gasteiger partial charge in [-0.15, -0.1) is 0 Å². The highest BCUT2D eigenvalue weighted by Gasteiger charge is 2.33. The van der Waals surface area contributed by atoms with Gasteiger partial charge in [0, 0.05) is 23.4 Å². The van der Waals surface area contributed by atoms with E-state index in [1.807, 2.05) is 36.4 Å². The fourth-order valence-corrected chi connectivity index (χ4v) is 3.02. The molecule has 1 amide bonds. The molecule has 2 aromatic carbocycles. The second-order valence-electron chi connectivity index (χ2n) is 5.20. The van der Waals surface area contributed by atoms with Crippen LogP contribution < -0.4 is 0 Å². The zero-order valence-corrected chi connectivity index (χ0v) is 13.6.